The van der Waals surface area contributed by atoms with Crippen LogP contribution in [0.4, 0.5) is 8.78 Å². The quantitative estimate of drug-likeness (QED) is 0.785. The van der Waals surface area contributed by atoms with Crippen molar-refractivity contribution in [2.75, 3.05) is 13.1 Å². The van der Waals surface area contributed by atoms with Gasteiger partial charge in [-0.3, -0.25) is 4.79 Å². The lowest BCUT2D eigenvalue weighted by Crippen LogP contribution is -2.42. The van der Waals surface area contributed by atoms with Crippen LogP contribution in [-0.2, 0) is 11.2 Å². The third-order valence-corrected chi connectivity index (χ3v) is 3.53. The zero-order valence-corrected chi connectivity index (χ0v) is 10.4. The monoisotopic (exact) mass is 264 g/mol. The Kier molecular flexibility index (Phi) is 3.79. The lowest BCUT2D eigenvalue weighted by atomic mass is 9.87. The Morgan fingerprint density at radius 1 is 1.42 bits per heavy atom. The number of nitrogens with zero attached hydrogens (tertiary/aromatic N) is 2. The molecule has 5 heteroatoms. The van der Waals surface area contributed by atoms with E-state index in [1.165, 1.54) is 17.0 Å². The fraction of sp³-hybridized carbons (Fsp3) is 0.429. The molecule has 3 nitrogen and oxygen atoms in total. The predicted molar refractivity (Wildman–Crippen MR) is 65.5 cm³/mol. The molecule has 1 aliphatic rings. The van der Waals surface area contributed by atoms with Crippen molar-refractivity contribution in [1.82, 2.24) is 4.90 Å². The SMILES string of the molecule is N#Cc1ccc(CC2(F)CCN(C=O)CC2)c(F)c1. The van der Waals surface area contributed by atoms with Gasteiger partial charge in [-0.1, -0.05) is 6.07 Å². The molecular formula is C14H14F2N2O. The van der Waals surface area contributed by atoms with Crippen LogP contribution >= 0.6 is 0 Å². The van der Waals surface area contributed by atoms with E-state index in [2.05, 4.69) is 0 Å². The molecule has 1 heterocycles. The van der Waals surface area contributed by atoms with E-state index in [1.54, 1.807) is 0 Å². The predicted octanol–water partition coefficient (Wildman–Crippen LogP) is 2.20. The van der Waals surface area contributed by atoms with Crippen LogP contribution in [0, 0.1) is 17.1 Å². The van der Waals surface area contributed by atoms with E-state index < -0.39 is 11.5 Å². The van der Waals surface area contributed by atoms with Crippen molar-refractivity contribution in [3.8, 4) is 6.07 Å². The molecule has 0 aliphatic carbocycles. The first kappa shape index (κ1) is 13.5. The van der Waals surface area contributed by atoms with Gasteiger partial charge in [-0.05, 0) is 30.5 Å². The number of hydrogen-bond donors (Lipinski definition) is 0. The van der Waals surface area contributed by atoms with E-state index in [4.69, 9.17) is 5.26 Å². The molecule has 19 heavy (non-hydrogen) atoms. The molecular weight excluding hydrogens is 250 g/mol. The van der Waals surface area contributed by atoms with Crippen molar-refractivity contribution >= 4 is 6.41 Å². The summed E-state index contributed by atoms with van der Waals surface area (Å²) in [4.78, 5) is 12.1. The fourth-order valence-electron chi connectivity index (χ4n) is 2.31. The molecule has 0 spiro atoms. The number of carbonyl (C=O) groups is 1. The highest BCUT2D eigenvalue weighted by atomic mass is 19.1. The molecule has 0 radical (unpaired) electrons. The van der Waals surface area contributed by atoms with E-state index in [1.807, 2.05) is 6.07 Å². The van der Waals surface area contributed by atoms with Gasteiger partial charge in [0.1, 0.15) is 11.5 Å². The highest BCUT2D eigenvalue weighted by Crippen LogP contribution is 2.30. The van der Waals surface area contributed by atoms with Crippen molar-refractivity contribution in [3.05, 3.63) is 35.1 Å². The maximum Gasteiger partial charge on any atom is 0.209 e. The highest BCUT2D eigenvalue weighted by molar-refractivity contribution is 5.47. The van der Waals surface area contributed by atoms with Gasteiger partial charge in [-0.25, -0.2) is 8.78 Å². The van der Waals surface area contributed by atoms with Crippen LogP contribution in [0.5, 0.6) is 0 Å². The Bertz CT molecular complexity index is 517. The number of rotatable bonds is 3. The molecule has 1 aromatic carbocycles. The molecule has 1 fully saturated rings. The summed E-state index contributed by atoms with van der Waals surface area (Å²) < 4.78 is 28.3. The first-order valence-electron chi connectivity index (χ1n) is 6.13. The van der Waals surface area contributed by atoms with Crippen molar-refractivity contribution in [1.29, 1.82) is 5.26 Å². The van der Waals surface area contributed by atoms with Gasteiger partial charge in [0.15, 0.2) is 0 Å². The van der Waals surface area contributed by atoms with Crippen LogP contribution in [0.3, 0.4) is 0 Å². The van der Waals surface area contributed by atoms with Crippen LogP contribution in [0.15, 0.2) is 18.2 Å². The minimum Gasteiger partial charge on any atom is -0.345 e. The molecule has 1 saturated heterocycles. The van der Waals surface area contributed by atoms with Gasteiger partial charge >= 0.3 is 0 Å². The smallest absolute Gasteiger partial charge is 0.209 e. The molecule has 0 aromatic heterocycles. The molecule has 1 aliphatic heterocycles. The zero-order valence-electron chi connectivity index (χ0n) is 10.4. The van der Waals surface area contributed by atoms with Crippen molar-refractivity contribution in [3.63, 3.8) is 0 Å². The molecule has 0 unspecified atom stereocenters. The molecule has 1 amide bonds. The van der Waals surface area contributed by atoms with Gasteiger partial charge in [-0.15, -0.1) is 0 Å². The van der Waals surface area contributed by atoms with Gasteiger partial charge in [0.05, 0.1) is 11.6 Å². The van der Waals surface area contributed by atoms with Gasteiger partial charge in [0.2, 0.25) is 6.41 Å². The van der Waals surface area contributed by atoms with Crippen LogP contribution in [0.2, 0.25) is 0 Å². The fourth-order valence-corrected chi connectivity index (χ4v) is 2.31. The molecule has 0 N–H and O–H groups in total. The molecule has 0 atom stereocenters. The van der Waals surface area contributed by atoms with Crippen molar-refractivity contribution in [2.24, 2.45) is 0 Å². The number of likely N-dealkylation sites (tertiary alicyclic amines) is 1. The normalized spacial score (nSPS) is 17.8. The Morgan fingerprint density at radius 3 is 2.63 bits per heavy atom. The second-order valence-corrected chi connectivity index (χ2v) is 4.89. The number of piperidine rings is 1. The summed E-state index contributed by atoms with van der Waals surface area (Å²) in [5.74, 6) is -0.547. The lowest BCUT2D eigenvalue weighted by Gasteiger charge is -2.34. The average molecular weight is 264 g/mol. The van der Waals surface area contributed by atoms with E-state index >= 15 is 0 Å². The van der Waals surface area contributed by atoms with Gasteiger partial charge in [0.25, 0.3) is 0 Å². The number of amides is 1. The number of halogens is 2. The van der Waals surface area contributed by atoms with Gasteiger partial charge in [-0.2, -0.15) is 5.26 Å². The Labute approximate surface area is 110 Å². The summed E-state index contributed by atoms with van der Waals surface area (Å²) in [5.41, 5.74) is -0.972. The maximum absolute atomic E-state index is 14.6. The minimum absolute atomic E-state index is 0.0166. The molecule has 0 saturated carbocycles. The van der Waals surface area contributed by atoms with E-state index in [-0.39, 0.29) is 30.4 Å². The van der Waals surface area contributed by atoms with Crippen LogP contribution in [0.1, 0.15) is 24.0 Å². The number of alkyl halides is 1. The lowest BCUT2D eigenvalue weighted by molar-refractivity contribution is -0.120. The molecule has 100 valence electrons. The molecule has 0 bridgehead atoms. The minimum atomic E-state index is -1.48. The number of hydrogen-bond acceptors (Lipinski definition) is 2. The summed E-state index contributed by atoms with van der Waals surface area (Å²) in [7, 11) is 0. The van der Waals surface area contributed by atoms with Crippen molar-refractivity contribution < 1.29 is 13.6 Å². The number of benzene rings is 1. The number of carbonyl (C=O) groups excluding carboxylic acids is 1. The maximum atomic E-state index is 14.6. The topological polar surface area (TPSA) is 44.1 Å². The van der Waals surface area contributed by atoms with E-state index in [0.717, 1.165) is 6.07 Å². The summed E-state index contributed by atoms with van der Waals surface area (Å²) in [6.07, 6.45) is 1.12. The summed E-state index contributed by atoms with van der Waals surface area (Å²) in [6.45, 7) is 0.718. The summed E-state index contributed by atoms with van der Waals surface area (Å²) in [5, 5.41) is 8.65. The first-order valence-corrected chi connectivity index (χ1v) is 6.13. The van der Waals surface area contributed by atoms with E-state index in [9.17, 15) is 13.6 Å². The Morgan fingerprint density at radius 2 is 2.11 bits per heavy atom. The second-order valence-electron chi connectivity index (χ2n) is 4.89. The van der Waals surface area contributed by atoms with Crippen LogP contribution in [-0.4, -0.2) is 30.1 Å². The molecule has 2 rings (SSSR count). The third-order valence-electron chi connectivity index (χ3n) is 3.53. The third kappa shape index (κ3) is 3.08. The zero-order chi connectivity index (χ0) is 13.9. The van der Waals surface area contributed by atoms with Gasteiger partial charge < -0.3 is 4.90 Å². The second kappa shape index (κ2) is 5.35. The molecule has 1 aromatic rings. The Hall–Kier alpha value is -1.96. The highest BCUT2D eigenvalue weighted by Gasteiger charge is 2.35. The van der Waals surface area contributed by atoms with Crippen LogP contribution in [0.25, 0.3) is 0 Å². The largest absolute Gasteiger partial charge is 0.345 e. The van der Waals surface area contributed by atoms with Crippen LogP contribution < -0.4 is 0 Å². The average Bonchev–Trinajstić information content (AvgIpc) is 2.42. The van der Waals surface area contributed by atoms with Crippen molar-refractivity contribution in [2.45, 2.75) is 24.9 Å². The van der Waals surface area contributed by atoms with Gasteiger partial charge in [0, 0.05) is 19.5 Å². The first-order chi connectivity index (χ1) is 9.06. The Balaban J connectivity index is 2.09. The number of nitriles is 1. The summed E-state index contributed by atoms with van der Waals surface area (Å²) >= 11 is 0. The standard InChI is InChI=1S/C14H14F2N2O/c15-13-7-11(9-17)1-2-12(13)8-14(16)3-5-18(10-19)6-4-14/h1-2,7,10H,3-6,8H2. The summed E-state index contributed by atoms with van der Waals surface area (Å²) in [6, 6.07) is 5.91. The van der Waals surface area contributed by atoms with E-state index in [0.29, 0.717) is 19.5 Å².